The number of furan rings is 1. The summed E-state index contributed by atoms with van der Waals surface area (Å²) in [5, 5.41) is 11.6. The summed E-state index contributed by atoms with van der Waals surface area (Å²) in [6.07, 6.45) is 3.08. The number of nitrogens with one attached hydrogen (secondary N) is 1. The highest BCUT2D eigenvalue weighted by Gasteiger charge is 2.18. The van der Waals surface area contributed by atoms with Crippen molar-refractivity contribution >= 4 is 23.2 Å². The van der Waals surface area contributed by atoms with Crippen LogP contribution in [0.4, 0.5) is 0 Å². The molecular formula is C21H15ClN6O4. The summed E-state index contributed by atoms with van der Waals surface area (Å²) < 4.78 is 13.0. The zero-order chi connectivity index (χ0) is 22.1. The van der Waals surface area contributed by atoms with E-state index < -0.39 is 5.69 Å². The van der Waals surface area contributed by atoms with Gasteiger partial charge in [-0.2, -0.15) is 4.98 Å². The molecule has 0 saturated carbocycles. The summed E-state index contributed by atoms with van der Waals surface area (Å²) in [5.41, 5.74) is 1.02. The lowest BCUT2D eigenvalue weighted by Crippen LogP contribution is -2.32. The van der Waals surface area contributed by atoms with E-state index in [0.717, 1.165) is 10.2 Å². The Morgan fingerprint density at radius 3 is 2.75 bits per heavy atom. The molecule has 0 atom stereocenters. The van der Waals surface area contributed by atoms with Crippen molar-refractivity contribution in [2.45, 2.75) is 13.1 Å². The van der Waals surface area contributed by atoms with Gasteiger partial charge in [-0.3, -0.25) is 4.79 Å². The number of amides is 1. The average molecular weight is 451 g/mol. The van der Waals surface area contributed by atoms with Crippen molar-refractivity contribution in [3.63, 3.8) is 0 Å². The lowest BCUT2D eigenvalue weighted by Gasteiger charge is -2.02. The predicted molar refractivity (Wildman–Crippen MR) is 114 cm³/mol. The molecule has 0 spiro atoms. The molecular weight excluding hydrogens is 436 g/mol. The number of aromatic nitrogens is 5. The van der Waals surface area contributed by atoms with Crippen LogP contribution < -0.4 is 11.0 Å². The fraction of sp³-hybridized carbons (Fsp3) is 0.0952. The first-order valence-electron chi connectivity index (χ1n) is 9.56. The average Bonchev–Trinajstić information content (AvgIpc) is 3.55. The molecule has 4 heterocycles. The van der Waals surface area contributed by atoms with Gasteiger partial charge >= 0.3 is 5.69 Å². The molecule has 0 aliphatic heterocycles. The van der Waals surface area contributed by atoms with Crippen molar-refractivity contribution in [2.75, 3.05) is 0 Å². The highest BCUT2D eigenvalue weighted by molar-refractivity contribution is 6.30. The molecule has 0 aliphatic carbocycles. The number of pyridine rings is 1. The fourth-order valence-corrected chi connectivity index (χ4v) is 3.27. The van der Waals surface area contributed by atoms with Crippen molar-refractivity contribution in [2.24, 2.45) is 0 Å². The highest BCUT2D eigenvalue weighted by atomic mass is 35.5. The van der Waals surface area contributed by atoms with Crippen molar-refractivity contribution in [1.29, 1.82) is 0 Å². The molecule has 1 N–H and O–H groups in total. The Hall–Kier alpha value is -4.18. The lowest BCUT2D eigenvalue weighted by atomic mass is 10.2. The van der Waals surface area contributed by atoms with Crippen LogP contribution in [-0.2, 0) is 17.9 Å². The van der Waals surface area contributed by atoms with Gasteiger partial charge in [0.25, 0.3) is 5.89 Å². The van der Waals surface area contributed by atoms with E-state index in [-0.39, 0.29) is 24.9 Å². The van der Waals surface area contributed by atoms with Crippen LogP contribution in [0, 0.1) is 0 Å². The Bertz CT molecular complexity index is 1450. The smallest absolute Gasteiger partial charge is 0.350 e. The van der Waals surface area contributed by atoms with Crippen LogP contribution in [0.1, 0.15) is 5.76 Å². The number of rotatable bonds is 6. The maximum atomic E-state index is 12.7. The molecule has 0 unspecified atom stereocenters. The molecule has 4 aromatic heterocycles. The normalized spacial score (nSPS) is 11.2. The van der Waals surface area contributed by atoms with E-state index >= 15 is 0 Å². The van der Waals surface area contributed by atoms with Crippen molar-refractivity contribution in [3.05, 3.63) is 82.3 Å². The monoisotopic (exact) mass is 450 g/mol. The zero-order valence-corrected chi connectivity index (χ0v) is 17.2. The Kier molecular flexibility index (Phi) is 5.04. The molecule has 10 nitrogen and oxygen atoms in total. The van der Waals surface area contributed by atoms with Gasteiger partial charge in [0.15, 0.2) is 5.65 Å². The van der Waals surface area contributed by atoms with E-state index in [9.17, 15) is 9.59 Å². The second kappa shape index (κ2) is 8.16. The van der Waals surface area contributed by atoms with Crippen LogP contribution in [-0.4, -0.2) is 30.2 Å². The molecule has 1 aromatic carbocycles. The Labute approximate surface area is 185 Å². The molecule has 5 aromatic rings. The Morgan fingerprint density at radius 2 is 1.97 bits per heavy atom. The summed E-state index contributed by atoms with van der Waals surface area (Å²) >= 11 is 5.92. The van der Waals surface area contributed by atoms with E-state index in [2.05, 4.69) is 20.6 Å². The van der Waals surface area contributed by atoms with Crippen molar-refractivity contribution in [3.8, 4) is 22.8 Å². The SMILES string of the molecule is O=C(Cn1nc2c(-c3nc(-c4ccc(Cl)cc4)no3)cccn2c1=O)NCc1ccco1. The summed E-state index contributed by atoms with van der Waals surface area (Å²) in [5.74, 6) is 0.796. The van der Waals surface area contributed by atoms with Crippen LogP contribution >= 0.6 is 11.6 Å². The Balaban J connectivity index is 1.42. The minimum absolute atomic E-state index is 0.194. The number of carbonyl (C=O) groups excluding carboxylic acids is 1. The molecule has 32 heavy (non-hydrogen) atoms. The van der Waals surface area contributed by atoms with Crippen LogP contribution in [0.3, 0.4) is 0 Å². The van der Waals surface area contributed by atoms with Gasteiger partial charge in [0.05, 0.1) is 18.4 Å². The summed E-state index contributed by atoms with van der Waals surface area (Å²) in [6, 6.07) is 13.9. The third-order valence-electron chi connectivity index (χ3n) is 4.70. The van der Waals surface area contributed by atoms with E-state index in [1.807, 2.05) is 0 Å². The number of carbonyl (C=O) groups is 1. The molecule has 1 amide bonds. The second-order valence-electron chi connectivity index (χ2n) is 6.84. The van der Waals surface area contributed by atoms with Gasteiger partial charge in [0, 0.05) is 16.8 Å². The van der Waals surface area contributed by atoms with Gasteiger partial charge in [0.1, 0.15) is 12.3 Å². The van der Waals surface area contributed by atoms with Crippen molar-refractivity contribution < 1.29 is 13.7 Å². The van der Waals surface area contributed by atoms with E-state index in [1.54, 1.807) is 54.7 Å². The summed E-state index contributed by atoms with van der Waals surface area (Å²) in [7, 11) is 0. The standard InChI is InChI=1S/C21H15ClN6O4/c22-14-7-5-13(6-8-14)18-24-20(32-26-18)16-4-1-9-27-19(16)25-28(21(27)30)12-17(29)23-11-15-3-2-10-31-15/h1-10H,11-12H2,(H,23,29). The summed E-state index contributed by atoms with van der Waals surface area (Å²) in [4.78, 5) is 29.4. The molecule has 5 rings (SSSR count). The van der Waals surface area contributed by atoms with E-state index in [0.29, 0.717) is 27.8 Å². The van der Waals surface area contributed by atoms with Gasteiger partial charge in [-0.1, -0.05) is 16.8 Å². The first-order valence-corrected chi connectivity index (χ1v) is 9.93. The largest absolute Gasteiger partial charge is 0.467 e. The van der Waals surface area contributed by atoms with Crippen LogP contribution in [0.5, 0.6) is 0 Å². The molecule has 160 valence electrons. The third-order valence-corrected chi connectivity index (χ3v) is 4.95. The third kappa shape index (κ3) is 3.79. The van der Waals surface area contributed by atoms with E-state index in [1.165, 1.54) is 10.7 Å². The van der Waals surface area contributed by atoms with Crippen molar-refractivity contribution in [1.82, 2.24) is 29.6 Å². The highest BCUT2D eigenvalue weighted by Crippen LogP contribution is 2.25. The molecule has 0 bridgehead atoms. The maximum Gasteiger partial charge on any atom is 0.350 e. The van der Waals surface area contributed by atoms with E-state index in [4.69, 9.17) is 20.5 Å². The molecule has 0 radical (unpaired) electrons. The molecule has 11 heteroatoms. The van der Waals surface area contributed by atoms with Gasteiger partial charge < -0.3 is 14.3 Å². The number of benzene rings is 1. The first kappa shape index (κ1) is 19.8. The first-order chi connectivity index (χ1) is 15.6. The minimum Gasteiger partial charge on any atom is -0.467 e. The van der Waals surface area contributed by atoms with Gasteiger partial charge in [-0.25, -0.2) is 13.9 Å². The quantitative estimate of drug-likeness (QED) is 0.422. The molecule has 0 saturated heterocycles. The van der Waals surface area contributed by atoms with Gasteiger partial charge in [0.2, 0.25) is 11.7 Å². The lowest BCUT2D eigenvalue weighted by molar-refractivity contribution is -0.122. The number of halogens is 1. The maximum absolute atomic E-state index is 12.7. The minimum atomic E-state index is -0.465. The fourth-order valence-electron chi connectivity index (χ4n) is 3.15. The Morgan fingerprint density at radius 1 is 1.12 bits per heavy atom. The summed E-state index contributed by atoms with van der Waals surface area (Å²) in [6.45, 7) is -0.0326. The second-order valence-corrected chi connectivity index (χ2v) is 7.28. The topological polar surface area (TPSA) is 120 Å². The zero-order valence-electron chi connectivity index (χ0n) is 16.4. The van der Waals surface area contributed by atoms with Gasteiger partial charge in [-0.15, -0.1) is 5.10 Å². The molecule has 0 aliphatic rings. The number of nitrogens with zero attached hydrogens (tertiary/aromatic N) is 5. The molecule has 0 fully saturated rings. The van der Waals surface area contributed by atoms with Crippen LogP contribution in [0.25, 0.3) is 28.5 Å². The predicted octanol–water partition coefficient (Wildman–Crippen LogP) is 2.78. The number of hydrogen-bond acceptors (Lipinski definition) is 7. The van der Waals surface area contributed by atoms with Crippen LogP contribution in [0.2, 0.25) is 5.02 Å². The number of fused-ring (bicyclic) bond motifs is 1. The number of hydrogen-bond donors (Lipinski definition) is 1. The van der Waals surface area contributed by atoms with Gasteiger partial charge in [-0.05, 0) is 48.5 Å². The van der Waals surface area contributed by atoms with Crippen LogP contribution in [0.15, 0.2) is 74.7 Å².